The molecule has 0 saturated heterocycles. The van der Waals surface area contributed by atoms with Gasteiger partial charge in [0.1, 0.15) is 11.4 Å². The highest BCUT2D eigenvalue weighted by Crippen LogP contribution is 2.66. The predicted molar refractivity (Wildman–Crippen MR) is 294 cm³/mol. The molecule has 4 aliphatic carbocycles. The van der Waals surface area contributed by atoms with Crippen molar-refractivity contribution in [3.63, 3.8) is 0 Å². The van der Waals surface area contributed by atoms with Gasteiger partial charge in [-0.25, -0.2) is 4.57 Å². The van der Waals surface area contributed by atoms with Crippen molar-refractivity contribution >= 4 is 77.6 Å². The number of rotatable bonds is 3. The molecule has 0 radical (unpaired) electrons. The fraction of sp³-hybridized carbons (Fsp3) is 0.175. The summed E-state index contributed by atoms with van der Waals surface area (Å²) in [5, 5.41) is 7.52. The van der Waals surface area contributed by atoms with Crippen molar-refractivity contribution in [2.45, 2.75) is 69.1 Å². The second kappa shape index (κ2) is 14.0. The van der Waals surface area contributed by atoms with Gasteiger partial charge in [-0.05, 0) is 186 Å². The molecule has 372 valence electrons. The van der Waals surface area contributed by atoms with Gasteiger partial charge >= 0.3 is 0 Å². The number of aryl methyl sites for hydroxylation is 1. The molecule has 2 atom stereocenters. The quantitative estimate of drug-likeness (QED) is 0.131. The summed E-state index contributed by atoms with van der Waals surface area (Å²) in [5.74, 6) is 0. The van der Waals surface area contributed by atoms with Crippen LogP contribution >= 0.6 is 0 Å². The first-order valence-electron chi connectivity index (χ1n) is 25.4. The standard InChI is InChI=1S/C63H40N4O10/c1-28-14-31-29-10-6-8-12-37(29)63(39(31)20-45(28)65-72)38-13-9-7-11-30(38)32-15-47(46(66-73)21-40(32)63)67-58(70)35-18-50-51(19-36(35)59(67)71)77-55-25-44-42(23-53(55)76-50)61(4,5)27-62(44)26-60(2,3)41-22-52-54(24-43(41)62)75-49-17-34-33(16-48(49)74-52)56(68)64-57(34)69/h6-25H,26-27H2,1-5H3,(H,64,68,69). The van der Waals surface area contributed by atoms with Crippen molar-refractivity contribution in [1.29, 1.82) is 0 Å². The Morgan fingerprint density at radius 2 is 0.844 bits per heavy atom. The topological polar surface area (TPSA) is 200 Å². The average Bonchev–Trinajstić information content (AvgIpc) is 3.73. The fourth-order valence-electron chi connectivity index (χ4n) is 14.7. The zero-order valence-electron chi connectivity index (χ0n) is 41.9. The molecule has 0 bridgehead atoms. The van der Waals surface area contributed by atoms with Crippen LogP contribution in [-0.2, 0) is 21.7 Å². The van der Waals surface area contributed by atoms with Gasteiger partial charge in [0.2, 0.25) is 0 Å². The first-order valence-corrected chi connectivity index (χ1v) is 25.4. The number of aromatic nitrogens is 2. The number of hydrogen-bond acceptors (Lipinski definition) is 12. The average molecular weight is 1010 g/mol. The third-order valence-corrected chi connectivity index (χ3v) is 17.7. The van der Waals surface area contributed by atoms with Gasteiger partial charge < -0.3 is 17.7 Å². The van der Waals surface area contributed by atoms with Gasteiger partial charge in [-0.15, -0.1) is 9.81 Å². The van der Waals surface area contributed by atoms with Crippen molar-refractivity contribution in [2.24, 2.45) is 10.4 Å². The molecule has 14 nitrogen and oxygen atoms in total. The Morgan fingerprint density at radius 3 is 1.31 bits per heavy atom. The second-order valence-corrected chi connectivity index (χ2v) is 22.8. The normalized spacial score (nSPS) is 19.0. The molecule has 12 aromatic rings. The van der Waals surface area contributed by atoms with Crippen LogP contribution in [0.2, 0.25) is 0 Å². The number of benzene rings is 8. The first kappa shape index (κ1) is 43.8. The van der Waals surface area contributed by atoms with Crippen LogP contribution in [-0.4, -0.2) is 9.55 Å². The van der Waals surface area contributed by atoms with Crippen LogP contribution < -0.4 is 22.2 Å². The van der Waals surface area contributed by atoms with Crippen LogP contribution in [0.3, 0.4) is 0 Å². The van der Waals surface area contributed by atoms with Crippen LogP contribution in [0.15, 0.2) is 169 Å². The van der Waals surface area contributed by atoms with Crippen molar-refractivity contribution in [3.8, 4) is 27.9 Å². The minimum Gasteiger partial charge on any atom is -0.449 e. The molecule has 14 heteroatoms. The predicted octanol–water partition coefficient (Wildman–Crippen LogP) is 13.6. The number of nitrogens with zero attached hydrogens (tertiary/aromatic N) is 3. The molecule has 0 fully saturated rings. The highest BCUT2D eigenvalue weighted by Gasteiger charge is 2.57. The van der Waals surface area contributed by atoms with Crippen LogP contribution in [0.25, 0.3) is 94.2 Å². The van der Waals surface area contributed by atoms with Crippen LogP contribution in [0.4, 0.5) is 11.4 Å². The first-order chi connectivity index (χ1) is 37.0. The summed E-state index contributed by atoms with van der Waals surface area (Å²) in [6, 6.07) is 37.4. The Bertz CT molecular complexity index is 5120. The van der Waals surface area contributed by atoms with Gasteiger partial charge in [0, 0.05) is 5.41 Å². The Hall–Kier alpha value is -9.56. The second-order valence-electron chi connectivity index (χ2n) is 22.8. The largest absolute Gasteiger partial charge is 0.449 e. The smallest absolute Gasteiger partial charge is 0.266 e. The van der Waals surface area contributed by atoms with E-state index in [4.69, 9.17) is 17.7 Å². The summed E-state index contributed by atoms with van der Waals surface area (Å²) < 4.78 is 27.3. The van der Waals surface area contributed by atoms with Gasteiger partial charge in [0.05, 0.1) is 32.6 Å². The lowest BCUT2D eigenvalue weighted by atomic mass is 9.70. The van der Waals surface area contributed by atoms with E-state index in [1.807, 2.05) is 79.7 Å². The van der Waals surface area contributed by atoms with E-state index in [0.29, 0.717) is 44.7 Å². The van der Waals surface area contributed by atoms with Crippen LogP contribution in [0, 0.1) is 16.7 Å². The third-order valence-electron chi connectivity index (χ3n) is 17.7. The maximum Gasteiger partial charge on any atom is 0.266 e. The molecule has 0 saturated carbocycles. The lowest BCUT2D eigenvalue weighted by Crippen LogP contribution is -2.26. The van der Waals surface area contributed by atoms with Crippen molar-refractivity contribution in [2.75, 3.05) is 0 Å². The Balaban J connectivity index is 0.859. The molecule has 4 aromatic heterocycles. The van der Waals surface area contributed by atoms with Crippen molar-refractivity contribution in [1.82, 2.24) is 9.55 Å². The molecule has 0 aliphatic heterocycles. The van der Waals surface area contributed by atoms with E-state index in [1.54, 1.807) is 24.3 Å². The van der Waals surface area contributed by atoms with E-state index in [2.05, 4.69) is 55.2 Å². The molecule has 4 aliphatic rings. The maximum atomic E-state index is 14.8. The zero-order valence-corrected chi connectivity index (χ0v) is 41.9. The van der Waals surface area contributed by atoms with Crippen LogP contribution in [0.1, 0.15) is 90.6 Å². The molecular weight excluding hydrogens is 973 g/mol. The summed E-state index contributed by atoms with van der Waals surface area (Å²) in [4.78, 5) is 82.4. The summed E-state index contributed by atoms with van der Waals surface area (Å²) in [6.45, 7) is 10.7. The SMILES string of the molecule is Cc1cc2c(cc1N=O)C1(c3ccccc3-2)c2ccccc2-c2cc(-n3c(=O)c4cc5oc6cc7c(cc6oc5cc4c3=O)C3(CC(C)(C)c4cc5oc6cc8c(=O)[nH]c(=O)c8cc6oc5cc43)CC7(C)C)c(N=O)cc21. The zero-order chi connectivity index (χ0) is 52.6. The number of H-pyrrole nitrogens is 1. The molecule has 0 amide bonds. The number of aromatic amines is 1. The van der Waals surface area contributed by atoms with Gasteiger partial charge in [-0.3, -0.25) is 24.2 Å². The van der Waals surface area contributed by atoms with E-state index in [1.165, 1.54) is 12.1 Å². The van der Waals surface area contributed by atoms with E-state index < -0.39 is 33.1 Å². The lowest BCUT2D eigenvalue weighted by molar-refractivity contribution is 0.349. The van der Waals surface area contributed by atoms with E-state index in [-0.39, 0.29) is 54.9 Å². The lowest BCUT2D eigenvalue weighted by Gasteiger charge is -2.30. The molecular formula is C63H40N4O10. The minimum absolute atomic E-state index is 0.0316. The molecule has 77 heavy (non-hydrogen) atoms. The summed E-state index contributed by atoms with van der Waals surface area (Å²) >= 11 is 0. The fourth-order valence-corrected chi connectivity index (χ4v) is 14.7. The molecule has 4 heterocycles. The van der Waals surface area contributed by atoms with Crippen LogP contribution in [0.5, 0.6) is 0 Å². The number of fused-ring (bicyclic) bond motifs is 20. The Morgan fingerprint density at radius 1 is 0.442 bits per heavy atom. The molecule has 1 N–H and O–H groups in total. The van der Waals surface area contributed by atoms with Crippen molar-refractivity contribution < 1.29 is 17.7 Å². The highest BCUT2D eigenvalue weighted by atomic mass is 16.4. The summed E-state index contributed by atoms with van der Waals surface area (Å²) in [7, 11) is 0. The van der Waals surface area contributed by atoms with E-state index >= 15 is 0 Å². The Labute approximate surface area is 433 Å². The highest BCUT2D eigenvalue weighted by molar-refractivity contribution is 6.00. The summed E-state index contributed by atoms with van der Waals surface area (Å²) in [5.41, 5.74) is 10.9. The Kier molecular flexibility index (Phi) is 7.98. The third kappa shape index (κ3) is 5.29. The van der Waals surface area contributed by atoms with Gasteiger partial charge in [-0.1, -0.05) is 76.2 Å². The number of nitrogens with one attached hydrogen (secondary N) is 1. The van der Waals surface area contributed by atoms with E-state index in [9.17, 15) is 29.0 Å². The van der Waals surface area contributed by atoms with Gasteiger partial charge in [0.15, 0.2) is 44.7 Å². The number of hydrogen-bond donors (Lipinski definition) is 1. The summed E-state index contributed by atoms with van der Waals surface area (Å²) in [6.07, 6.45) is 1.51. The monoisotopic (exact) mass is 1010 g/mol. The minimum atomic E-state index is -0.970. The maximum absolute atomic E-state index is 14.8. The van der Waals surface area contributed by atoms with Crippen molar-refractivity contribution in [3.05, 3.63) is 223 Å². The molecule has 16 rings (SSSR count). The molecule has 2 spiro atoms. The molecule has 2 unspecified atom stereocenters. The van der Waals surface area contributed by atoms with E-state index in [0.717, 1.165) is 84.2 Å². The van der Waals surface area contributed by atoms with Gasteiger partial charge in [-0.2, -0.15) is 0 Å². The molecule has 8 aromatic carbocycles. The van der Waals surface area contributed by atoms with Gasteiger partial charge in [0.25, 0.3) is 22.2 Å². The number of nitroso groups, excluding NO2 is 2.